The Kier molecular flexibility index (Phi) is 2.09. The molecule has 1 nitrogen and oxygen atoms in total. The Balaban J connectivity index is 2.84. The molecule has 1 aliphatic heterocycles. The van der Waals surface area contributed by atoms with E-state index in [0.717, 1.165) is 0 Å². The maximum atomic E-state index is 12.4. The quantitative estimate of drug-likeness (QED) is 0.559. The van der Waals surface area contributed by atoms with Gasteiger partial charge in [-0.25, -0.2) is 0 Å². The minimum absolute atomic E-state index is 0.0704. The van der Waals surface area contributed by atoms with Crippen LogP contribution >= 0.6 is 0 Å². The molecule has 12 heavy (non-hydrogen) atoms. The first-order valence-corrected chi connectivity index (χ1v) is 3.34. The van der Waals surface area contributed by atoms with Gasteiger partial charge in [-0.1, -0.05) is 0 Å². The maximum absolute atomic E-state index is 12.4. The van der Waals surface area contributed by atoms with E-state index in [2.05, 4.69) is 4.99 Å². The van der Waals surface area contributed by atoms with Gasteiger partial charge in [0.1, 0.15) is 0 Å². The first kappa shape index (κ1) is 9.41. The summed E-state index contributed by atoms with van der Waals surface area (Å²) >= 11 is 0. The fourth-order valence-electron chi connectivity index (χ4n) is 0.959. The first-order chi connectivity index (χ1) is 5.36. The van der Waals surface area contributed by atoms with E-state index in [0.29, 0.717) is 0 Å². The van der Waals surface area contributed by atoms with Crippen molar-refractivity contribution in [3.05, 3.63) is 0 Å². The summed E-state index contributed by atoms with van der Waals surface area (Å²) in [6, 6.07) is 0. The van der Waals surface area contributed by atoms with Gasteiger partial charge < -0.3 is 0 Å². The summed E-state index contributed by atoms with van der Waals surface area (Å²) in [6.07, 6.45) is -5.48. The molecule has 1 aliphatic rings. The van der Waals surface area contributed by atoms with E-state index < -0.39 is 17.8 Å². The van der Waals surface area contributed by atoms with Gasteiger partial charge in [0.05, 0.1) is 5.71 Å². The number of halogens is 5. The molecule has 0 spiro atoms. The summed E-state index contributed by atoms with van der Waals surface area (Å²) in [7, 11) is 0. The van der Waals surface area contributed by atoms with Crippen LogP contribution in [-0.2, 0) is 0 Å². The summed E-state index contributed by atoms with van der Waals surface area (Å²) < 4.78 is 59.7. The molecule has 0 aromatic rings. The molecule has 1 rings (SSSR count). The smallest absolute Gasteiger partial charge is 0.287 e. The highest BCUT2D eigenvalue weighted by atomic mass is 19.4. The average molecular weight is 187 g/mol. The molecule has 0 aromatic carbocycles. The van der Waals surface area contributed by atoms with Crippen molar-refractivity contribution < 1.29 is 22.0 Å². The summed E-state index contributed by atoms with van der Waals surface area (Å²) in [5.41, 5.74) is -1.03. The normalized spacial score (nSPS) is 19.6. The highest BCUT2D eigenvalue weighted by molar-refractivity contribution is 5.93. The number of hydrogen-bond acceptors (Lipinski definition) is 1. The molecule has 0 bridgehead atoms. The van der Waals surface area contributed by atoms with Crippen LogP contribution in [-0.4, -0.2) is 24.4 Å². The fourth-order valence-corrected chi connectivity index (χ4v) is 0.959. The van der Waals surface area contributed by atoms with Crippen molar-refractivity contribution in [1.29, 1.82) is 0 Å². The molecule has 0 atom stereocenters. The highest BCUT2D eigenvalue weighted by Crippen LogP contribution is 2.38. The molecule has 0 unspecified atom stereocenters. The number of aliphatic imine (C=N–C) groups is 1. The van der Waals surface area contributed by atoms with Gasteiger partial charge in [0, 0.05) is 6.54 Å². The maximum Gasteiger partial charge on any atom is 0.459 e. The van der Waals surface area contributed by atoms with Crippen molar-refractivity contribution in [3.63, 3.8) is 0 Å². The molecule has 0 amide bonds. The Hall–Kier alpha value is -0.680. The standard InChI is InChI=1S/C6H6F5N/c7-5(8,6(9,10)11)4-2-1-3-12-4/h1-3H2. The third-order valence-electron chi connectivity index (χ3n) is 1.59. The molecule has 70 valence electrons. The van der Waals surface area contributed by atoms with E-state index >= 15 is 0 Å². The minimum Gasteiger partial charge on any atom is -0.287 e. The topological polar surface area (TPSA) is 12.4 Å². The van der Waals surface area contributed by atoms with Gasteiger partial charge >= 0.3 is 12.1 Å². The molecular weight excluding hydrogens is 181 g/mol. The third-order valence-corrected chi connectivity index (χ3v) is 1.59. The van der Waals surface area contributed by atoms with Gasteiger partial charge in [-0.15, -0.1) is 0 Å². The largest absolute Gasteiger partial charge is 0.459 e. The number of alkyl halides is 5. The number of nitrogens with zero attached hydrogens (tertiary/aromatic N) is 1. The van der Waals surface area contributed by atoms with Crippen LogP contribution in [0.4, 0.5) is 22.0 Å². The third kappa shape index (κ3) is 1.42. The molecule has 0 radical (unpaired) electrons. The van der Waals surface area contributed by atoms with Crippen LogP contribution in [0.1, 0.15) is 12.8 Å². The van der Waals surface area contributed by atoms with E-state index in [1.54, 1.807) is 0 Å². The van der Waals surface area contributed by atoms with Crippen LogP contribution in [0.2, 0.25) is 0 Å². The van der Waals surface area contributed by atoms with Crippen molar-refractivity contribution in [2.24, 2.45) is 4.99 Å². The van der Waals surface area contributed by atoms with Crippen molar-refractivity contribution in [1.82, 2.24) is 0 Å². The Morgan fingerprint density at radius 3 is 2.00 bits per heavy atom. The van der Waals surface area contributed by atoms with Gasteiger partial charge in [-0.3, -0.25) is 4.99 Å². The zero-order valence-electron chi connectivity index (χ0n) is 5.96. The second-order valence-corrected chi connectivity index (χ2v) is 2.50. The van der Waals surface area contributed by atoms with Crippen molar-refractivity contribution in [2.75, 3.05) is 6.54 Å². The van der Waals surface area contributed by atoms with Crippen LogP contribution in [0.15, 0.2) is 4.99 Å². The van der Waals surface area contributed by atoms with E-state index in [-0.39, 0.29) is 19.4 Å². The molecule has 1 heterocycles. The summed E-state index contributed by atoms with van der Waals surface area (Å²) in [5.74, 6) is -4.73. The SMILES string of the molecule is FC(F)(F)C(F)(F)C1=NCCC1. The van der Waals surface area contributed by atoms with Gasteiger partial charge in [-0.05, 0) is 12.8 Å². The van der Waals surface area contributed by atoms with Crippen molar-refractivity contribution in [3.8, 4) is 0 Å². The van der Waals surface area contributed by atoms with Gasteiger partial charge in [-0.2, -0.15) is 22.0 Å². The minimum atomic E-state index is -5.50. The Morgan fingerprint density at radius 1 is 1.08 bits per heavy atom. The molecule has 0 aromatic heterocycles. The van der Waals surface area contributed by atoms with Crippen LogP contribution in [0, 0.1) is 0 Å². The second-order valence-electron chi connectivity index (χ2n) is 2.50. The van der Waals surface area contributed by atoms with E-state index in [1.807, 2.05) is 0 Å². The van der Waals surface area contributed by atoms with Crippen LogP contribution in [0.5, 0.6) is 0 Å². The molecule has 0 N–H and O–H groups in total. The lowest BCUT2D eigenvalue weighted by molar-refractivity contribution is -0.249. The summed E-state index contributed by atoms with van der Waals surface area (Å²) in [6.45, 7) is 0.0704. The Labute approximate surface area is 65.3 Å². The van der Waals surface area contributed by atoms with Gasteiger partial charge in [0.15, 0.2) is 0 Å². The first-order valence-electron chi connectivity index (χ1n) is 3.34. The molecule has 0 aliphatic carbocycles. The van der Waals surface area contributed by atoms with Crippen LogP contribution in [0.3, 0.4) is 0 Å². The summed E-state index contributed by atoms with van der Waals surface area (Å²) in [5, 5.41) is 0. The lowest BCUT2D eigenvalue weighted by atomic mass is 10.1. The van der Waals surface area contributed by atoms with Crippen molar-refractivity contribution >= 4 is 5.71 Å². The van der Waals surface area contributed by atoms with E-state index in [4.69, 9.17) is 0 Å². The monoisotopic (exact) mass is 187 g/mol. The Bertz CT molecular complexity index is 204. The van der Waals surface area contributed by atoms with Crippen molar-refractivity contribution in [2.45, 2.75) is 24.9 Å². The lowest BCUT2D eigenvalue weighted by Gasteiger charge is -2.19. The second kappa shape index (κ2) is 2.67. The zero-order chi connectivity index (χ0) is 9.41. The van der Waals surface area contributed by atoms with Crippen LogP contribution in [0.25, 0.3) is 0 Å². The van der Waals surface area contributed by atoms with Gasteiger partial charge in [0.25, 0.3) is 0 Å². The van der Waals surface area contributed by atoms with Crippen LogP contribution < -0.4 is 0 Å². The van der Waals surface area contributed by atoms with Gasteiger partial charge in [0.2, 0.25) is 0 Å². The highest BCUT2D eigenvalue weighted by Gasteiger charge is 2.61. The Morgan fingerprint density at radius 2 is 1.67 bits per heavy atom. The molecule has 0 saturated heterocycles. The molecule has 0 saturated carbocycles. The predicted octanol–water partition coefficient (Wildman–Crippen LogP) is 2.42. The van der Waals surface area contributed by atoms with E-state index in [1.165, 1.54) is 0 Å². The predicted molar refractivity (Wildman–Crippen MR) is 32.5 cm³/mol. The number of hydrogen-bond donors (Lipinski definition) is 0. The summed E-state index contributed by atoms with van der Waals surface area (Å²) in [4.78, 5) is 3.12. The zero-order valence-corrected chi connectivity index (χ0v) is 5.96. The number of rotatable bonds is 1. The lowest BCUT2D eigenvalue weighted by Crippen LogP contribution is -2.43. The van der Waals surface area contributed by atoms with E-state index in [9.17, 15) is 22.0 Å². The molecule has 0 fully saturated rings. The molecular formula is C6H6F5N. The average Bonchev–Trinajstić information content (AvgIpc) is 2.34. The fraction of sp³-hybridized carbons (Fsp3) is 0.833. The molecule has 6 heteroatoms.